The fraction of sp³-hybridized carbons (Fsp3) is 0.318. The lowest BCUT2D eigenvalue weighted by molar-refractivity contribution is 0.415. The number of aromatic nitrogens is 3. The summed E-state index contributed by atoms with van der Waals surface area (Å²) in [5, 5.41) is 13.7. The first kappa shape index (κ1) is 22.6. The Bertz CT molecular complexity index is 1010. The number of thioether (sulfide) groups is 1. The number of benzene rings is 2. The molecule has 0 aliphatic carbocycles. The second-order valence-electron chi connectivity index (χ2n) is 6.73. The van der Waals surface area contributed by atoms with Crippen LogP contribution in [-0.2, 0) is 18.8 Å². The second-order valence-corrected chi connectivity index (χ2v) is 7.60. The number of hydrogen-bond acceptors (Lipinski definition) is 5. The molecule has 0 fully saturated rings. The third-order valence-corrected chi connectivity index (χ3v) is 5.12. The maximum atomic E-state index is 13.6. The van der Waals surface area contributed by atoms with Crippen molar-refractivity contribution in [3.63, 3.8) is 0 Å². The van der Waals surface area contributed by atoms with Crippen molar-refractivity contribution in [1.29, 1.82) is 0 Å². The number of nitrogens with one attached hydrogen (secondary N) is 3. The molecule has 164 valence electrons. The monoisotopic (exact) mass is 442 g/mol. The van der Waals surface area contributed by atoms with Crippen LogP contribution in [0.25, 0.3) is 11.4 Å². The molecule has 0 bridgehead atoms. The maximum Gasteiger partial charge on any atom is 0.191 e. The molecule has 2 aromatic carbocycles. The number of ether oxygens (including phenoxy) is 1. The van der Waals surface area contributed by atoms with Crippen molar-refractivity contribution in [2.75, 3.05) is 19.9 Å². The van der Waals surface area contributed by atoms with Gasteiger partial charge < -0.3 is 15.4 Å². The fourth-order valence-electron chi connectivity index (χ4n) is 2.96. The Balaban J connectivity index is 1.65. The lowest BCUT2D eigenvalue weighted by atomic mass is 10.1. The zero-order chi connectivity index (χ0) is 22.1. The molecule has 0 atom stereocenters. The average molecular weight is 443 g/mol. The molecule has 0 amide bonds. The molecule has 0 spiro atoms. The summed E-state index contributed by atoms with van der Waals surface area (Å²) in [5.41, 5.74) is 2.88. The van der Waals surface area contributed by atoms with Crippen molar-refractivity contribution < 1.29 is 9.13 Å². The quantitative estimate of drug-likeness (QED) is 0.346. The maximum absolute atomic E-state index is 13.6. The average Bonchev–Trinajstić information content (AvgIpc) is 3.26. The summed E-state index contributed by atoms with van der Waals surface area (Å²) < 4.78 is 18.8. The number of guanidine groups is 1. The topological polar surface area (TPSA) is 87.2 Å². The Morgan fingerprint density at radius 1 is 1.16 bits per heavy atom. The van der Waals surface area contributed by atoms with Gasteiger partial charge in [0.05, 0.1) is 20.2 Å². The number of rotatable bonds is 9. The van der Waals surface area contributed by atoms with Crippen molar-refractivity contribution in [2.45, 2.75) is 25.8 Å². The first-order chi connectivity index (χ1) is 15.1. The van der Waals surface area contributed by atoms with Crippen LogP contribution in [0.5, 0.6) is 5.75 Å². The third-order valence-electron chi connectivity index (χ3n) is 4.52. The second kappa shape index (κ2) is 11.4. The molecule has 3 N–H and O–H groups in total. The zero-order valence-corrected chi connectivity index (χ0v) is 18.7. The Morgan fingerprint density at radius 2 is 1.97 bits per heavy atom. The summed E-state index contributed by atoms with van der Waals surface area (Å²) >= 11 is 1.66. The van der Waals surface area contributed by atoms with Gasteiger partial charge >= 0.3 is 0 Å². The molecule has 1 heterocycles. The van der Waals surface area contributed by atoms with Gasteiger partial charge in [-0.15, -0.1) is 0 Å². The van der Waals surface area contributed by atoms with Crippen LogP contribution < -0.4 is 15.4 Å². The van der Waals surface area contributed by atoms with E-state index < -0.39 is 0 Å². The van der Waals surface area contributed by atoms with Gasteiger partial charge in [-0.3, -0.25) is 5.10 Å². The van der Waals surface area contributed by atoms with Crippen LogP contribution >= 0.6 is 11.8 Å². The minimum absolute atomic E-state index is 0.222. The third kappa shape index (κ3) is 6.45. The number of nitrogens with zero attached hydrogens (tertiary/aromatic N) is 3. The fourth-order valence-corrected chi connectivity index (χ4v) is 3.54. The van der Waals surface area contributed by atoms with E-state index in [1.165, 1.54) is 6.07 Å². The Hall–Kier alpha value is -3.07. The lowest BCUT2D eigenvalue weighted by Gasteiger charge is -2.11. The van der Waals surface area contributed by atoms with Gasteiger partial charge in [-0.1, -0.05) is 6.07 Å². The van der Waals surface area contributed by atoms with Crippen LogP contribution in [0.4, 0.5) is 4.39 Å². The zero-order valence-electron chi connectivity index (χ0n) is 17.9. The molecule has 3 rings (SSSR count). The number of aliphatic imine (C=N–C) groups is 1. The molecule has 0 radical (unpaired) electrons. The van der Waals surface area contributed by atoms with Crippen LogP contribution in [0.1, 0.15) is 23.9 Å². The van der Waals surface area contributed by atoms with Gasteiger partial charge in [0.1, 0.15) is 17.4 Å². The van der Waals surface area contributed by atoms with E-state index in [4.69, 9.17) is 4.74 Å². The SMILES string of the molecule is CCNC(=NCc1ccc(F)cc1CSC)NCc1nc(-c2ccc(OC)cc2)n[nH]1. The van der Waals surface area contributed by atoms with Gasteiger partial charge in [-0.05, 0) is 60.7 Å². The smallest absolute Gasteiger partial charge is 0.191 e. The molecule has 0 unspecified atom stereocenters. The highest BCUT2D eigenvalue weighted by Crippen LogP contribution is 2.19. The number of H-pyrrole nitrogens is 1. The van der Waals surface area contributed by atoms with E-state index in [9.17, 15) is 4.39 Å². The molecule has 9 heteroatoms. The molecule has 0 saturated carbocycles. The summed E-state index contributed by atoms with van der Waals surface area (Å²) in [6.07, 6.45) is 2.00. The summed E-state index contributed by atoms with van der Waals surface area (Å²) in [4.78, 5) is 9.18. The highest BCUT2D eigenvalue weighted by molar-refractivity contribution is 7.97. The Morgan fingerprint density at radius 3 is 2.68 bits per heavy atom. The summed E-state index contributed by atoms with van der Waals surface area (Å²) in [6, 6.07) is 12.4. The van der Waals surface area contributed by atoms with Gasteiger partial charge in [0, 0.05) is 17.9 Å². The number of aromatic amines is 1. The molecule has 7 nitrogen and oxygen atoms in total. The van der Waals surface area contributed by atoms with Gasteiger partial charge in [0.2, 0.25) is 0 Å². The first-order valence-electron chi connectivity index (χ1n) is 9.97. The minimum atomic E-state index is -0.222. The lowest BCUT2D eigenvalue weighted by Crippen LogP contribution is -2.37. The van der Waals surface area contributed by atoms with E-state index >= 15 is 0 Å². The standard InChI is InChI=1S/C22H27FN6OS/c1-4-24-22(25-12-16-5-8-18(23)11-17(16)14-31-3)26-13-20-27-21(29-28-20)15-6-9-19(30-2)10-7-15/h5-11H,4,12-14H2,1-3H3,(H2,24,25,26)(H,27,28,29). The number of methoxy groups -OCH3 is 1. The predicted octanol–water partition coefficient (Wildman–Crippen LogP) is 3.74. The van der Waals surface area contributed by atoms with Crippen molar-refractivity contribution >= 4 is 17.7 Å². The highest BCUT2D eigenvalue weighted by Gasteiger charge is 2.08. The number of hydrogen-bond donors (Lipinski definition) is 3. The summed E-state index contributed by atoms with van der Waals surface area (Å²) in [6.45, 7) is 3.62. The highest BCUT2D eigenvalue weighted by atomic mass is 32.2. The van der Waals surface area contributed by atoms with E-state index in [1.807, 2.05) is 37.4 Å². The van der Waals surface area contributed by atoms with Crippen molar-refractivity contribution in [1.82, 2.24) is 25.8 Å². The van der Waals surface area contributed by atoms with E-state index in [1.54, 1.807) is 31.0 Å². The molecule has 0 aliphatic rings. The van der Waals surface area contributed by atoms with Gasteiger partial charge in [-0.25, -0.2) is 14.4 Å². The summed E-state index contributed by atoms with van der Waals surface area (Å²) in [7, 11) is 1.63. The van der Waals surface area contributed by atoms with Crippen molar-refractivity contribution in [2.24, 2.45) is 4.99 Å². The van der Waals surface area contributed by atoms with Crippen LogP contribution in [0.2, 0.25) is 0 Å². The largest absolute Gasteiger partial charge is 0.497 e. The van der Waals surface area contributed by atoms with Crippen LogP contribution in [0.3, 0.4) is 0 Å². The first-order valence-corrected chi connectivity index (χ1v) is 11.4. The van der Waals surface area contributed by atoms with E-state index in [0.717, 1.165) is 34.7 Å². The van der Waals surface area contributed by atoms with E-state index in [-0.39, 0.29) is 5.82 Å². The van der Waals surface area contributed by atoms with E-state index in [2.05, 4.69) is 30.8 Å². The molecule has 3 aromatic rings. The predicted molar refractivity (Wildman–Crippen MR) is 124 cm³/mol. The Labute approximate surface area is 185 Å². The molecule has 31 heavy (non-hydrogen) atoms. The minimum Gasteiger partial charge on any atom is -0.497 e. The van der Waals surface area contributed by atoms with Gasteiger partial charge in [0.15, 0.2) is 11.8 Å². The molecular weight excluding hydrogens is 415 g/mol. The normalized spacial score (nSPS) is 11.4. The van der Waals surface area contributed by atoms with Crippen LogP contribution in [0, 0.1) is 5.82 Å². The summed E-state index contributed by atoms with van der Waals surface area (Å²) in [5.74, 6) is 3.29. The molecule has 0 saturated heterocycles. The van der Waals surface area contributed by atoms with Crippen LogP contribution in [0.15, 0.2) is 47.5 Å². The number of halogens is 1. The molecular formula is C22H27FN6OS. The molecule has 0 aliphatic heterocycles. The van der Waals surface area contributed by atoms with Gasteiger partial charge in [0.25, 0.3) is 0 Å². The van der Waals surface area contributed by atoms with Crippen molar-refractivity contribution in [3.8, 4) is 17.1 Å². The Kier molecular flexibility index (Phi) is 8.28. The van der Waals surface area contributed by atoms with E-state index in [0.29, 0.717) is 30.7 Å². The van der Waals surface area contributed by atoms with Crippen LogP contribution in [-0.4, -0.2) is 41.1 Å². The molecule has 1 aromatic heterocycles. The van der Waals surface area contributed by atoms with Gasteiger partial charge in [-0.2, -0.15) is 16.9 Å². The van der Waals surface area contributed by atoms with Crippen molar-refractivity contribution in [3.05, 3.63) is 65.2 Å².